The van der Waals surface area contributed by atoms with E-state index < -0.39 is 0 Å². The molecule has 9 nitrogen and oxygen atoms in total. The van der Waals surface area contributed by atoms with E-state index in [1.807, 2.05) is 73.1 Å². The first-order valence-corrected chi connectivity index (χ1v) is 16.8. The van der Waals surface area contributed by atoms with Gasteiger partial charge < -0.3 is 30.0 Å². The minimum Gasteiger partial charge on any atom is -0.481 e. The molecular formula is C37H40Cl2N6O3. The van der Waals surface area contributed by atoms with Crippen LogP contribution in [0.25, 0.3) is 44.7 Å². The molecule has 4 heterocycles. The quantitative estimate of drug-likeness (QED) is 0.126. The van der Waals surface area contributed by atoms with Gasteiger partial charge in [0, 0.05) is 92.2 Å². The molecule has 0 saturated carbocycles. The summed E-state index contributed by atoms with van der Waals surface area (Å²) in [6.45, 7) is 4.77. The Balaban J connectivity index is 1.25. The standard InChI is InChI=1S/C37H40Cl2N6O3/c1-22(47-3)17-40-19-24-21-45(2)36-26(24)13-15-31(43-36)29-9-5-7-27(34(29)38)28-8-6-10-30(35(28)39)32-14-11-23(37(44-32)48-4)18-41-20-25-12-16-33(46)42-25/h5-11,13-15,21-22,25,40-41H,12,16-20H2,1-4H3,(H,42,46)/t22?,25-/m1/s1. The highest BCUT2D eigenvalue weighted by Gasteiger charge is 2.21. The molecule has 1 aliphatic rings. The van der Waals surface area contributed by atoms with Gasteiger partial charge in [0.15, 0.2) is 0 Å². The van der Waals surface area contributed by atoms with Crippen molar-refractivity contribution in [3.63, 3.8) is 0 Å². The Hall–Kier alpha value is -3.99. The van der Waals surface area contributed by atoms with Crippen LogP contribution in [0.3, 0.4) is 0 Å². The lowest BCUT2D eigenvalue weighted by Crippen LogP contribution is -2.35. The number of ether oxygens (including phenoxy) is 2. The number of halogens is 2. The van der Waals surface area contributed by atoms with Gasteiger partial charge in [-0.2, -0.15) is 0 Å². The molecule has 1 fully saturated rings. The summed E-state index contributed by atoms with van der Waals surface area (Å²) in [6, 6.07) is 20.0. The lowest BCUT2D eigenvalue weighted by atomic mass is 9.98. The summed E-state index contributed by atoms with van der Waals surface area (Å²) in [7, 11) is 5.33. The maximum Gasteiger partial charge on any atom is 0.220 e. The van der Waals surface area contributed by atoms with Crippen molar-refractivity contribution in [1.82, 2.24) is 30.5 Å². The minimum atomic E-state index is 0.106. The van der Waals surface area contributed by atoms with Gasteiger partial charge in [0.2, 0.25) is 11.8 Å². The Morgan fingerprint density at radius 2 is 1.54 bits per heavy atom. The van der Waals surface area contributed by atoms with E-state index in [9.17, 15) is 4.79 Å². The number of nitrogens with zero attached hydrogens (tertiary/aromatic N) is 3. The molecule has 0 spiro atoms. The molecule has 2 atom stereocenters. The Kier molecular flexibility index (Phi) is 10.6. The van der Waals surface area contributed by atoms with E-state index in [2.05, 4.69) is 28.2 Å². The third-order valence-corrected chi connectivity index (χ3v) is 9.63. The number of aromatic nitrogens is 3. The van der Waals surface area contributed by atoms with E-state index >= 15 is 0 Å². The zero-order valence-corrected chi connectivity index (χ0v) is 29.1. The first-order chi connectivity index (χ1) is 23.3. The summed E-state index contributed by atoms with van der Waals surface area (Å²) in [4.78, 5) is 21.3. The average Bonchev–Trinajstić information content (AvgIpc) is 3.66. The van der Waals surface area contributed by atoms with Crippen LogP contribution in [-0.4, -0.2) is 59.9 Å². The molecule has 3 N–H and O–H groups in total. The monoisotopic (exact) mass is 686 g/mol. The number of hydrogen-bond donors (Lipinski definition) is 3. The number of carbonyl (C=O) groups excluding carboxylic acids is 1. The molecule has 5 aromatic rings. The molecule has 0 bridgehead atoms. The molecule has 2 aromatic carbocycles. The largest absolute Gasteiger partial charge is 0.481 e. The smallest absolute Gasteiger partial charge is 0.220 e. The number of benzene rings is 2. The number of amides is 1. The predicted molar refractivity (Wildman–Crippen MR) is 192 cm³/mol. The van der Waals surface area contributed by atoms with Gasteiger partial charge in [0.05, 0.1) is 34.6 Å². The number of aryl methyl sites for hydroxylation is 1. The van der Waals surface area contributed by atoms with Crippen molar-refractivity contribution in [2.45, 2.75) is 45.0 Å². The predicted octanol–water partition coefficient (Wildman–Crippen LogP) is 6.78. The summed E-state index contributed by atoms with van der Waals surface area (Å²) >= 11 is 14.2. The number of nitrogens with one attached hydrogen (secondary N) is 3. The summed E-state index contributed by atoms with van der Waals surface area (Å²) in [5.41, 5.74) is 7.63. The van der Waals surface area contributed by atoms with Gasteiger partial charge in [0.25, 0.3) is 0 Å². The van der Waals surface area contributed by atoms with Crippen molar-refractivity contribution in [2.75, 3.05) is 27.3 Å². The second kappa shape index (κ2) is 15.1. The molecule has 0 radical (unpaired) electrons. The van der Waals surface area contributed by atoms with Crippen LogP contribution in [0.5, 0.6) is 5.88 Å². The van der Waals surface area contributed by atoms with Crippen LogP contribution in [0.1, 0.15) is 30.9 Å². The van der Waals surface area contributed by atoms with Crippen LogP contribution in [0.4, 0.5) is 0 Å². The topological polar surface area (TPSA) is 102 Å². The highest BCUT2D eigenvalue weighted by Crippen LogP contribution is 2.42. The van der Waals surface area contributed by atoms with E-state index in [-0.39, 0.29) is 18.1 Å². The molecule has 1 saturated heterocycles. The SMILES string of the molecule is COc1nc(-c2cccc(-c3cccc(-c4ccc5c(CNCC(C)OC)cn(C)c5n4)c3Cl)c2Cl)ccc1CNC[C@H]1CCC(=O)N1. The van der Waals surface area contributed by atoms with E-state index in [0.717, 1.165) is 64.1 Å². The zero-order valence-electron chi connectivity index (χ0n) is 27.6. The van der Waals surface area contributed by atoms with Gasteiger partial charge in [0.1, 0.15) is 5.65 Å². The van der Waals surface area contributed by atoms with Gasteiger partial charge in [-0.25, -0.2) is 9.97 Å². The first-order valence-electron chi connectivity index (χ1n) is 16.1. The molecule has 48 heavy (non-hydrogen) atoms. The van der Waals surface area contributed by atoms with Crippen molar-refractivity contribution >= 4 is 40.1 Å². The minimum absolute atomic E-state index is 0.106. The van der Waals surface area contributed by atoms with Crippen LogP contribution >= 0.6 is 23.2 Å². The second-order valence-electron chi connectivity index (χ2n) is 12.1. The normalized spacial score (nSPS) is 15.2. The van der Waals surface area contributed by atoms with Gasteiger partial charge >= 0.3 is 0 Å². The van der Waals surface area contributed by atoms with Gasteiger partial charge in [-0.05, 0) is 37.1 Å². The number of fused-ring (bicyclic) bond motifs is 1. The van der Waals surface area contributed by atoms with Gasteiger partial charge in [-0.3, -0.25) is 4.79 Å². The summed E-state index contributed by atoms with van der Waals surface area (Å²) in [5.74, 6) is 0.622. The maximum absolute atomic E-state index is 11.5. The first kappa shape index (κ1) is 33.9. The summed E-state index contributed by atoms with van der Waals surface area (Å²) in [6.07, 6.45) is 3.67. The van der Waals surface area contributed by atoms with E-state index in [1.165, 1.54) is 5.56 Å². The van der Waals surface area contributed by atoms with Crippen LogP contribution < -0.4 is 20.7 Å². The second-order valence-corrected chi connectivity index (χ2v) is 12.9. The molecule has 1 amide bonds. The van der Waals surface area contributed by atoms with Gasteiger partial charge in [-0.1, -0.05) is 65.7 Å². The van der Waals surface area contributed by atoms with E-state index in [0.29, 0.717) is 41.1 Å². The Labute approximate surface area is 291 Å². The fourth-order valence-corrected chi connectivity index (χ4v) is 6.78. The number of methoxy groups -OCH3 is 2. The third-order valence-electron chi connectivity index (χ3n) is 8.82. The lowest BCUT2D eigenvalue weighted by molar-refractivity contribution is -0.119. The Bertz CT molecular complexity index is 1940. The third kappa shape index (κ3) is 7.21. The lowest BCUT2D eigenvalue weighted by Gasteiger charge is -2.15. The van der Waals surface area contributed by atoms with E-state index in [4.69, 9.17) is 42.6 Å². The zero-order chi connectivity index (χ0) is 33.8. The van der Waals surface area contributed by atoms with Crippen LogP contribution in [-0.2, 0) is 29.7 Å². The molecule has 250 valence electrons. The summed E-state index contributed by atoms with van der Waals surface area (Å²) in [5, 5.41) is 12.0. The van der Waals surface area contributed by atoms with Crippen LogP contribution in [0.15, 0.2) is 66.9 Å². The van der Waals surface area contributed by atoms with Crippen molar-refractivity contribution in [3.05, 3.63) is 88.0 Å². The number of hydrogen-bond acceptors (Lipinski definition) is 7. The maximum atomic E-state index is 11.5. The van der Waals surface area contributed by atoms with Crippen molar-refractivity contribution in [3.8, 4) is 39.5 Å². The Morgan fingerprint density at radius 1 is 0.896 bits per heavy atom. The van der Waals surface area contributed by atoms with Crippen molar-refractivity contribution in [2.24, 2.45) is 7.05 Å². The van der Waals surface area contributed by atoms with Crippen molar-refractivity contribution < 1.29 is 14.3 Å². The van der Waals surface area contributed by atoms with E-state index in [1.54, 1.807) is 14.2 Å². The number of carbonyl (C=O) groups is 1. The number of pyridine rings is 2. The molecule has 3 aromatic heterocycles. The molecule has 1 unspecified atom stereocenters. The van der Waals surface area contributed by atoms with Crippen LogP contribution in [0, 0.1) is 0 Å². The highest BCUT2D eigenvalue weighted by atomic mass is 35.5. The van der Waals surface area contributed by atoms with Crippen LogP contribution in [0.2, 0.25) is 10.0 Å². The molecule has 6 rings (SSSR count). The molecular weight excluding hydrogens is 647 g/mol. The van der Waals surface area contributed by atoms with Crippen molar-refractivity contribution in [1.29, 1.82) is 0 Å². The molecule has 1 aliphatic heterocycles. The number of rotatable bonds is 13. The summed E-state index contributed by atoms with van der Waals surface area (Å²) < 4.78 is 13.1. The molecule has 11 heteroatoms. The fraction of sp³-hybridized carbons (Fsp3) is 0.324. The molecule has 0 aliphatic carbocycles. The highest BCUT2D eigenvalue weighted by molar-refractivity contribution is 6.39. The average molecular weight is 688 g/mol. The van der Waals surface area contributed by atoms with Gasteiger partial charge in [-0.15, -0.1) is 0 Å². The fourth-order valence-electron chi connectivity index (χ4n) is 6.13. The Morgan fingerprint density at radius 3 is 2.19 bits per heavy atom.